The Bertz CT molecular complexity index is 26.7. The fourth-order valence-corrected chi connectivity index (χ4v) is 0.171. The first-order valence-corrected chi connectivity index (χ1v) is 1.82. The SMILES string of the molecule is [CH2]OCC(C)O. The Balaban J connectivity index is 2.63. The summed E-state index contributed by atoms with van der Waals surface area (Å²) in [5, 5.41) is 8.39. The molecule has 6 heavy (non-hydrogen) atoms. The lowest BCUT2D eigenvalue weighted by Gasteiger charge is -1.96. The van der Waals surface area contributed by atoms with Gasteiger partial charge >= 0.3 is 0 Å². The van der Waals surface area contributed by atoms with Crippen LogP contribution in [0.25, 0.3) is 0 Å². The Hall–Kier alpha value is -0.0800. The molecular weight excluding hydrogens is 80.0 g/mol. The first-order chi connectivity index (χ1) is 2.77. The second-order valence-electron chi connectivity index (χ2n) is 1.22. The van der Waals surface area contributed by atoms with Gasteiger partial charge in [0.25, 0.3) is 0 Å². The summed E-state index contributed by atoms with van der Waals surface area (Å²) in [5.41, 5.74) is 0. The summed E-state index contributed by atoms with van der Waals surface area (Å²) >= 11 is 0. The molecule has 1 N–H and O–H groups in total. The highest BCUT2D eigenvalue weighted by atomic mass is 16.5. The molecular formula is C4H9O2. The van der Waals surface area contributed by atoms with Crippen LogP contribution < -0.4 is 0 Å². The maximum Gasteiger partial charge on any atom is 0.0745 e. The highest BCUT2D eigenvalue weighted by Crippen LogP contribution is 1.77. The molecule has 0 amide bonds. The lowest BCUT2D eigenvalue weighted by molar-refractivity contribution is 0.0946. The van der Waals surface area contributed by atoms with Crippen LogP contribution in [0.2, 0.25) is 0 Å². The summed E-state index contributed by atoms with van der Waals surface area (Å²) in [6, 6.07) is 0. The molecule has 1 radical (unpaired) electrons. The average Bonchev–Trinajstić information content (AvgIpc) is 1.35. The average molecular weight is 89.1 g/mol. The van der Waals surface area contributed by atoms with E-state index in [1.165, 1.54) is 0 Å². The van der Waals surface area contributed by atoms with E-state index in [0.717, 1.165) is 0 Å². The Morgan fingerprint density at radius 3 is 2.50 bits per heavy atom. The molecule has 0 rings (SSSR count). The van der Waals surface area contributed by atoms with Crippen LogP contribution in [0.5, 0.6) is 0 Å². The molecule has 37 valence electrons. The number of aliphatic hydroxyl groups excluding tert-OH is 1. The molecule has 0 spiro atoms. The second-order valence-corrected chi connectivity index (χ2v) is 1.22. The van der Waals surface area contributed by atoms with Crippen molar-refractivity contribution in [2.75, 3.05) is 6.61 Å². The van der Waals surface area contributed by atoms with Gasteiger partial charge in [-0.25, -0.2) is 0 Å². The van der Waals surface area contributed by atoms with E-state index in [1.54, 1.807) is 6.92 Å². The molecule has 1 atom stereocenters. The van der Waals surface area contributed by atoms with E-state index in [4.69, 9.17) is 5.11 Å². The molecule has 0 saturated heterocycles. The summed E-state index contributed by atoms with van der Waals surface area (Å²) in [7, 11) is 3.07. The third kappa shape index (κ3) is 3.92. The molecule has 0 bridgehead atoms. The topological polar surface area (TPSA) is 29.5 Å². The first kappa shape index (κ1) is 5.92. The zero-order valence-corrected chi connectivity index (χ0v) is 3.85. The largest absolute Gasteiger partial charge is 0.391 e. The molecule has 2 heteroatoms. The van der Waals surface area contributed by atoms with Crippen molar-refractivity contribution in [1.29, 1.82) is 0 Å². The predicted molar refractivity (Wildman–Crippen MR) is 23.0 cm³/mol. The van der Waals surface area contributed by atoms with E-state index >= 15 is 0 Å². The number of hydrogen-bond acceptors (Lipinski definition) is 2. The highest BCUT2D eigenvalue weighted by molar-refractivity contribution is 4.38. The van der Waals surface area contributed by atoms with Gasteiger partial charge in [0.1, 0.15) is 0 Å². The van der Waals surface area contributed by atoms with Gasteiger partial charge in [0.2, 0.25) is 0 Å². The summed E-state index contributed by atoms with van der Waals surface area (Å²) in [5.74, 6) is 0. The molecule has 1 unspecified atom stereocenters. The van der Waals surface area contributed by atoms with Gasteiger partial charge in [-0.15, -0.1) is 0 Å². The predicted octanol–water partition coefficient (Wildman–Crippen LogP) is 0.175. The third-order valence-electron chi connectivity index (χ3n) is 0.359. The van der Waals surface area contributed by atoms with Gasteiger partial charge in [-0.3, -0.25) is 0 Å². The fraction of sp³-hybridized carbons (Fsp3) is 0.750. The Morgan fingerprint density at radius 2 is 2.50 bits per heavy atom. The molecule has 0 aromatic carbocycles. The molecule has 0 saturated carbocycles. The van der Waals surface area contributed by atoms with Gasteiger partial charge in [0.05, 0.1) is 19.8 Å². The second kappa shape index (κ2) is 3.12. The van der Waals surface area contributed by atoms with Gasteiger partial charge < -0.3 is 9.84 Å². The van der Waals surface area contributed by atoms with Crippen molar-refractivity contribution < 1.29 is 9.84 Å². The first-order valence-electron chi connectivity index (χ1n) is 1.82. The van der Waals surface area contributed by atoms with Gasteiger partial charge in [-0.1, -0.05) is 0 Å². The zero-order chi connectivity index (χ0) is 4.99. The normalized spacial score (nSPS) is 14.5. The fourth-order valence-electron chi connectivity index (χ4n) is 0.171. The molecule has 0 aromatic rings. The van der Waals surface area contributed by atoms with Crippen molar-refractivity contribution in [2.24, 2.45) is 0 Å². The van der Waals surface area contributed by atoms with Crippen molar-refractivity contribution in [2.45, 2.75) is 13.0 Å². The molecule has 2 nitrogen and oxygen atoms in total. The summed E-state index contributed by atoms with van der Waals surface area (Å²) in [4.78, 5) is 0. The standard InChI is InChI=1S/C4H9O2/c1-4(5)3-6-2/h4-5H,2-3H2,1H3. The number of rotatable bonds is 2. The number of ether oxygens (including phenoxy) is 1. The molecule has 0 aliphatic heterocycles. The van der Waals surface area contributed by atoms with Gasteiger partial charge in [-0.2, -0.15) is 0 Å². The van der Waals surface area contributed by atoms with Crippen LogP contribution in [0.3, 0.4) is 0 Å². The van der Waals surface area contributed by atoms with Gasteiger partial charge in [0, 0.05) is 0 Å². The van der Waals surface area contributed by atoms with Crippen LogP contribution in [-0.2, 0) is 4.74 Å². The van der Waals surface area contributed by atoms with E-state index in [0.29, 0.717) is 6.61 Å². The monoisotopic (exact) mass is 89.1 g/mol. The molecule has 0 fully saturated rings. The maximum absolute atomic E-state index is 8.39. The summed E-state index contributed by atoms with van der Waals surface area (Å²) in [6.45, 7) is 1.96. The zero-order valence-electron chi connectivity index (χ0n) is 3.85. The van der Waals surface area contributed by atoms with Crippen LogP contribution in [0.15, 0.2) is 0 Å². The van der Waals surface area contributed by atoms with E-state index < -0.39 is 0 Å². The molecule has 0 aliphatic carbocycles. The van der Waals surface area contributed by atoms with Gasteiger partial charge in [-0.05, 0) is 6.92 Å². The number of hydrogen-bond donors (Lipinski definition) is 1. The quantitative estimate of drug-likeness (QED) is 0.522. The minimum Gasteiger partial charge on any atom is -0.391 e. The van der Waals surface area contributed by atoms with Crippen molar-refractivity contribution in [1.82, 2.24) is 0 Å². The van der Waals surface area contributed by atoms with Crippen LogP contribution in [0.1, 0.15) is 6.92 Å². The Labute approximate surface area is 37.7 Å². The smallest absolute Gasteiger partial charge is 0.0745 e. The van der Waals surface area contributed by atoms with Crippen molar-refractivity contribution >= 4 is 0 Å². The molecule has 0 aromatic heterocycles. The van der Waals surface area contributed by atoms with Crippen LogP contribution in [0.4, 0.5) is 0 Å². The Morgan fingerprint density at radius 1 is 2.00 bits per heavy atom. The lowest BCUT2D eigenvalue weighted by atomic mass is 10.5. The van der Waals surface area contributed by atoms with Crippen LogP contribution in [-0.4, -0.2) is 17.8 Å². The Kier molecular flexibility index (Phi) is 3.08. The third-order valence-corrected chi connectivity index (χ3v) is 0.359. The highest BCUT2D eigenvalue weighted by Gasteiger charge is 1.87. The summed E-state index contributed by atoms with van der Waals surface area (Å²) in [6.07, 6.45) is -0.387. The van der Waals surface area contributed by atoms with Gasteiger partial charge in [0.15, 0.2) is 0 Å². The van der Waals surface area contributed by atoms with E-state index in [1.807, 2.05) is 0 Å². The molecule has 0 aliphatic rings. The van der Waals surface area contributed by atoms with Crippen LogP contribution in [0, 0.1) is 7.11 Å². The van der Waals surface area contributed by atoms with E-state index in [2.05, 4.69) is 11.8 Å². The number of aliphatic hydroxyl groups is 1. The van der Waals surface area contributed by atoms with Crippen molar-refractivity contribution in [3.63, 3.8) is 0 Å². The van der Waals surface area contributed by atoms with Crippen molar-refractivity contribution in [3.8, 4) is 0 Å². The lowest BCUT2D eigenvalue weighted by Crippen LogP contribution is -2.06. The van der Waals surface area contributed by atoms with E-state index in [9.17, 15) is 0 Å². The van der Waals surface area contributed by atoms with E-state index in [-0.39, 0.29) is 6.10 Å². The maximum atomic E-state index is 8.39. The summed E-state index contributed by atoms with van der Waals surface area (Å²) < 4.78 is 4.30. The minimum absolute atomic E-state index is 0.319. The van der Waals surface area contributed by atoms with Crippen molar-refractivity contribution in [3.05, 3.63) is 7.11 Å². The minimum atomic E-state index is -0.387. The van der Waals surface area contributed by atoms with Crippen LogP contribution >= 0.6 is 0 Å². The molecule has 0 heterocycles.